The van der Waals surface area contributed by atoms with Crippen LogP contribution in [0.4, 0.5) is 13.2 Å². The van der Waals surface area contributed by atoms with Crippen molar-refractivity contribution in [1.29, 1.82) is 0 Å². The van der Waals surface area contributed by atoms with Gasteiger partial charge in [0.15, 0.2) is 0 Å². The van der Waals surface area contributed by atoms with Crippen molar-refractivity contribution in [2.75, 3.05) is 13.1 Å². The first-order valence-electron chi connectivity index (χ1n) is 8.35. The monoisotopic (exact) mass is 364 g/mol. The van der Waals surface area contributed by atoms with Crippen LogP contribution in [0.3, 0.4) is 0 Å². The molecule has 1 aromatic carbocycles. The number of aromatic nitrogens is 1. The van der Waals surface area contributed by atoms with Gasteiger partial charge in [0, 0.05) is 24.7 Å². The molecule has 3 rings (SSSR count). The maximum absolute atomic E-state index is 12.8. The maximum atomic E-state index is 12.8. The number of rotatable bonds is 4. The quantitative estimate of drug-likeness (QED) is 0.832. The molecule has 1 saturated heterocycles. The standard InChI is InChI=1S/C19H19F3N2O2/c1-13-4-2-7-17(23-13)26-16-8-9-24(12-16)18(25)11-14-5-3-6-15(10-14)19(20,21)22/h2-7,10,16H,8-9,11-12H2,1H3/t16-/m1/s1. The van der Waals surface area contributed by atoms with E-state index in [0.29, 0.717) is 31.0 Å². The van der Waals surface area contributed by atoms with Gasteiger partial charge in [0.2, 0.25) is 11.8 Å². The summed E-state index contributed by atoms with van der Waals surface area (Å²) in [6, 6.07) is 10.4. The summed E-state index contributed by atoms with van der Waals surface area (Å²) in [6.45, 7) is 2.80. The Bertz CT molecular complexity index is 792. The highest BCUT2D eigenvalue weighted by Crippen LogP contribution is 2.29. The number of amides is 1. The number of aryl methyl sites for hydroxylation is 1. The molecular weight excluding hydrogens is 345 g/mol. The molecule has 0 unspecified atom stereocenters. The largest absolute Gasteiger partial charge is 0.472 e. The summed E-state index contributed by atoms with van der Waals surface area (Å²) in [5.74, 6) is 0.315. The van der Waals surface area contributed by atoms with Crippen molar-refractivity contribution in [3.05, 3.63) is 59.3 Å². The van der Waals surface area contributed by atoms with E-state index >= 15 is 0 Å². The number of pyridine rings is 1. The third-order valence-corrected chi connectivity index (χ3v) is 4.26. The van der Waals surface area contributed by atoms with Crippen molar-refractivity contribution in [1.82, 2.24) is 9.88 Å². The number of halogens is 3. The van der Waals surface area contributed by atoms with Gasteiger partial charge in [-0.1, -0.05) is 24.3 Å². The first kappa shape index (κ1) is 18.2. The topological polar surface area (TPSA) is 42.4 Å². The second kappa shape index (κ2) is 7.35. The van der Waals surface area contributed by atoms with E-state index in [2.05, 4.69) is 4.98 Å². The van der Waals surface area contributed by atoms with Gasteiger partial charge in [0.25, 0.3) is 0 Å². The Morgan fingerprint density at radius 2 is 2.04 bits per heavy atom. The van der Waals surface area contributed by atoms with E-state index in [9.17, 15) is 18.0 Å². The van der Waals surface area contributed by atoms with Gasteiger partial charge in [-0.25, -0.2) is 4.98 Å². The van der Waals surface area contributed by atoms with Crippen LogP contribution >= 0.6 is 0 Å². The molecule has 7 heteroatoms. The molecule has 26 heavy (non-hydrogen) atoms. The molecule has 138 valence electrons. The lowest BCUT2D eigenvalue weighted by atomic mass is 10.1. The molecule has 4 nitrogen and oxygen atoms in total. The van der Waals surface area contributed by atoms with E-state index in [1.165, 1.54) is 12.1 Å². The molecule has 0 spiro atoms. The Morgan fingerprint density at radius 1 is 1.27 bits per heavy atom. The fourth-order valence-electron chi connectivity index (χ4n) is 2.95. The van der Waals surface area contributed by atoms with Gasteiger partial charge in [0.1, 0.15) is 6.10 Å². The molecule has 1 aliphatic rings. The third kappa shape index (κ3) is 4.53. The summed E-state index contributed by atoms with van der Waals surface area (Å²) < 4.78 is 44.1. The van der Waals surface area contributed by atoms with Crippen molar-refractivity contribution in [2.45, 2.75) is 32.0 Å². The van der Waals surface area contributed by atoms with Crippen molar-refractivity contribution in [3.63, 3.8) is 0 Å². The molecule has 0 radical (unpaired) electrons. The van der Waals surface area contributed by atoms with Crippen molar-refractivity contribution >= 4 is 5.91 Å². The first-order chi connectivity index (χ1) is 12.3. The molecular formula is C19H19F3N2O2. The number of hydrogen-bond acceptors (Lipinski definition) is 3. The van der Waals surface area contributed by atoms with Crippen molar-refractivity contribution < 1.29 is 22.7 Å². The minimum Gasteiger partial charge on any atom is -0.472 e. The predicted molar refractivity (Wildman–Crippen MR) is 89.7 cm³/mol. The summed E-state index contributed by atoms with van der Waals surface area (Å²) >= 11 is 0. The lowest BCUT2D eigenvalue weighted by Gasteiger charge is -2.17. The Balaban J connectivity index is 1.58. The molecule has 0 saturated carbocycles. The van der Waals surface area contributed by atoms with Crippen LogP contribution in [0, 0.1) is 6.92 Å². The summed E-state index contributed by atoms with van der Waals surface area (Å²) in [5.41, 5.74) is 0.462. The third-order valence-electron chi connectivity index (χ3n) is 4.26. The zero-order valence-electron chi connectivity index (χ0n) is 14.3. The summed E-state index contributed by atoms with van der Waals surface area (Å²) in [7, 11) is 0. The lowest BCUT2D eigenvalue weighted by molar-refractivity contribution is -0.138. The van der Waals surface area contributed by atoms with Crippen LogP contribution in [0.25, 0.3) is 0 Å². The number of carbonyl (C=O) groups excluding carboxylic acids is 1. The van der Waals surface area contributed by atoms with E-state index in [-0.39, 0.29) is 18.4 Å². The minimum atomic E-state index is -4.41. The van der Waals surface area contributed by atoms with Gasteiger partial charge < -0.3 is 9.64 Å². The van der Waals surface area contributed by atoms with E-state index in [4.69, 9.17) is 4.74 Å². The smallest absolute Gasteiger partial charge is 0.416 e. The molecule has 0 bridgehead atoms. The molecule has 1 aromatic heterocycles. The number of hydrogen-bond donors (Lipinski definition) is 0. The zero-order chi connectivity index (χ0) is 18.7. The normalized spacial score (nSPS) is 17.4. The Hall–Kier alpha value is -2.57. The lowest BCUT2D eigenvalue weighted by Crippen LogP contribution is -2.32. The summed E-state index contributed by atoms with van der Waals surface area (Å²) in [4.78, 5) is 18.3. The average molecular weight is 364 g/mol. The molecule has 1 amide bonds. The number of carbonyl (C=O) groups is 1. The molecule has 1 aliphatic heterocycles. The fraction of sp³-hybridized carbons (Fsp3) is 0.368. The van der Waals surface area contributed by atoms with Gasteiger partial charge >= 0.3 is 6.18 Å². The molecule has 1 fully saturated rings. The summed E-state index contributed by atoms with van der Waals surface area (Å²) in [5, 5.41) is 0. The van der Waals surface area contributed by atoms with Crippen LogP contribution in [0.15, 0.2) is 42.5 Å². The molecule has 0 aliphatic carbocycles. The van der Waals surface area contributed by atoms with Gasteiger partial charge in [-0.3, -0.25) is 4.79 Å². The Kier molecular flexibility index (Phi) is 5.15. The highest BCUT2D eigenvalue weighted by Gasteiger charge is 2.31. The number of benzene rings is 1. The Labute approximate surface area is 149 Å². The Morgan fingerprint density at radius 3 is 2.77 bits per heavy atom. The van der Waals surface area contributed by atoms with Gasteiger partial charge in [-0.2, -0.15) is 13.2 Å². The average Bonchev–Trinajstić information content (AvgIpc) is 3.03. The van der Waals surface area contributed by atoms with Crippen molar-refractivity contribution in [3.8, 4) is 5.88 Å². The number of nitrogens with zero attached hydrogens (tertiary/aromatic N) is 2. The van der Waals surface area contributed by atoms with Crippen LogP contribution in [0.5, 0.6) is 5.88 Å². The summed E-state index contributed by atoms with van der Waals surface area (Å²) in [6.07, 6.45) is -3.95. The van der Waals surface area contributed by atoms with E-state index in [1.54, 1.807) is 11.0 Å². The number of ether oxygens (including phenoxy) is 1. The molecule has 2 heterocycles. The molecule has 0 N–H and O–H groups in total. The van der Waals surface area contributed by atoms with Crippen LogP contribution < -0.4 is 4.74 Å². The highest BCUT2D eigenvalue weighted by molar-refractivity contribution is 5.79. The highest BCUT2D eigenvalue weighted by atomic mass is 19.4. The van der Waals surface area contributed by atoms with E-state index < -0.39 is 11.7 Å². The first-order valence-corrected chi connectivity index (χ1v) is 8.35. The fourth-order valence-corrected chi connectivity index (χ4v) is 2.95. The maximum Gasteiger partial charge on any atom is 0.416 e. The number of likely N-dealkylation sites (tertiary alicyclic amines) is 1. The van der Waals surface area contributed by atoms with Gasteiger partial charge in [-0.05, 0) is 24.6 Å². The second-order valence-corrected chi connectivity index (χ2v) is 6.36. The van der Waals surface area contributed by atoms with Gasteiger partial charge in [0.05, 0.1) is 18.5 Å². The predicted octanol–water partition coefficient (Wildman–Crippen LogP) is 3.63. The minimum absolute atomic E-state index is 0.0562. The van der Waals surface area contributed by atoms with Crippen LogP contribution in [0.1, 0.15) is 23.2 Å². The number of alkyl halides is 3. The van der Waals surface area contributed by atoms with Crippen LogP contribution in [0.2, 0.25) is 0 Å². The molecule has 1 atom stereocenters. The SMILES string of the molecule is Cc1cccc(O[C@@H]2CCN(C(=O)Cc3cccc(C(F)(F)F)c3)C2)n1. The molecule has 2 aromatic rings. The van der Waals surface area contributed by atoms with E-state index in [0.717, 1.165) is 17.8 Å². The van der Waals surface area contributed by atoms with Gasteiger partial charge in [-0.15, -0.1) is 0 Å². The second-order valence-electron chi connectivity index (χ2n) is 6.36. The zero-order valence-corrected chi connectivity index (χ0v) is 14.3. The van der Waals surface area contributed by atoms with Crippen LogP contribution in [-0.4, -0.2) is 35.0 Å². The van der Waals surface area contributed by atoms with Crippen LogP contribution in [-0.2, 0) is 17.4 Å². The van der Waals surface area contributed by atoms with E-state index in [1.807, 2.05) is 19.1 Å². The van der Waals surface area contributed by atoms with Crippen molar-refractivity contribution in [2.24, 2.45) is 0 Å².